The highest BCUT2D eigenvalue weighted by atomic mass is 35.5. The second-order valence-electron chi connectivity index (χ2n) is 5.17. The van der Waals surface area contributed by atoms with Crippen LogP contribution >= 0.6 is 35.0 Å². The highest BCUT2D eigenvalue weighted by Gasteiger charge is 2.47. The largest absolute Gasteiger partial charge is 0.501 e. The highest BCUT2D eigenvalue weighted by Crippen LogP contribution is 2.36. The molecule has 0 radical (unpaired) electrons. The van der Waals surface area contributed by atoms with E-state index in [0.717, 1.165) is 6.07 Å². The molecule has 2 aromatic carbocycles. The Bertz CT molecular complexity index is 1080. The van der Waals surface area contributed by atoms with Crippen molar-refractivity contribution in [3.63, 3.8) is 0 Å². The number of hydrogen-bond donors (Lipinski definition) is 0. The summed E-state index contributed by atoms with van der Waals surface area (Å²) in [5.41, 5.74) is -6.52. The smallest absolute Gasteiger partial charge is 0.424 e. The summed E-state index contributed by atoms with van der Waals surface area (Å²) >= 11 is 12.1. The first kappa shape index (κ1) is 23.3. The van der Waals surface area contributed by atoms with E-state index in [1.54, 1.807) is 0 Å². The maximum absolute atomic E-state index is 12.6. The Morgan fingerprint density at radius 2 is 1.83 bits per heavy atom. The Hall–Kier alpha value is -2.02. The van der Waals surface area contributed by atoms with Crippen molar-refractivity contribution in [2.24, 2.45) is 0 Å². The minimum Gasteiger partial charge on any atom is -0.424 e. The molecule has 0 saturated heterocycles. The number of alkyl halides is 3. The Balaban J connectivity index is 2.20. The molecule has 2 aromatic rings. The van der Waals surface area contributed by atoms with E-state index in [1.165, 1.54) is 18.2 Å². The van der Waals surface area contributed by atoms with Crippen molar-refractivity contribution in [3.8, 4) is 5.75 Å². The molecule has 0 aliphatic heterocycles. The average Bonchev–Trinajstić information content (AvgIpc) is 2.61. The fourth-order valence-electron chi connectivity index (χ4n) is 1.91. The van der Waals surface area contributed by atoms with Crippen LogP contribution in [0.4, 0.5) is 18.9 Å². The van der Waals surface area contributed by atoms with E-state index in [4.69, 9.17) is 27.9 Å². The summed E-state index contributed by atoms with van der Waals surface area (Å²) in [5.74, 6) is -1.34. The highest BCUT2D eigenvalue weighted by molar-refractivity contribution is 8.00. The minimum absolute atomic E-state index is 0.0113. The molecule has 29 heavy (non-hydrogen) atoms. The normalized spacial score (nSPS) is 11.9. The molecule has 156 valence electrons. The summed E-state index contributed by atoms with van der Waals surface area (Å²) < 4.78 is 65.7. The fourth-order valence-corrected chi connectivity index (χ4v) is 3.92. The van der Waals surface area contributed by atoms with E-state index in [9.17, 15) is 36.5 Å². The van der Waals surface area contributed by atoms with Gasteiger partial charge in [0.2, 0.25) is 0 Å². The average molecular weight is 490 g/mol. The van der Waals surface area contributed by atoms with Crippen molar-refractivity contribution >= 4 is 56.5 Å². The molecular weight excluding hydrogens is 482 g/mol. The zero-order valence-corrected chi connectivity index (χ0v) is 16.9. The van der Waals surface area contributed by atoms with Gasteiger partial charge in [-0.15, -0.1) is 11.8 Å². The Labute approximate surface area is 175 Å². The van der Waals surface area contributed by atoms with Crippen LogP contribution in [0.15, 0.2) is 46.2 Å². The van der Waals surface area contributed by atoms with Crippen LogP contribution in [0.1, 0.15) is 0 Å². The number of thioether (sulfide) groups is 1. The number of nitrogens with zero attached hydrogens (tertiary/aromatic N) is 1. The number of rotatable bonds is 6. The molecule has 0 bridgehead atoms. The van der Waals surface area contributed by atoms with Crippen molar-refractivity contribution in [2.45, 2.75) is 15.3 Å². The number of halogens is 5. The van der Waals surface area contributed by atoms with Crippen LogP contribution in [0.25, 0.3) is 0 Å². The van der Waals surface area contributed by atoms with E-state index in [2.05, 4.69) is 0 Å². The number of carbonyl (C=O) groups is 1. The maximum atomic E-state index is 12.6. The second kappa shape index (κ2) is 8.78. The summed E-state index contributed by atoms with van der Waals surface area (Å²) in [6.45, 7) is 0. The van der Waals surface area contributed by atoms with Gasteiger partial charge in [-0.05, 0) is 30.3 Å². The van der Waals surface area contributed by atoms with Crippen LogP contribution in [-0.2, 0) is 14.6 Å². The van der Waals surface area contributed by atoms with E-state index >= 15 is 0 Å². The van der Waals surface area contributed by atoms with E-state index in [0.29, 0.717) is 22.9 Å². The summed E-state index contributed by atoms with van der Waals surface area (Å²) in [5, 5.41) is 11.5. The zero-order chi connectivity index (χ0) is 22.0. The quantitative estimate of drug-likeness (QED) is 0.187. The lowest BCUT2D eigenvalue weighted by Gasteiger charge is -2.09. The zero-order valence-electron chi connectivity index (χ0n) is 13.8. The van der Waals surface area contributed by atoms with Crippen LogP contribution in [0.5, 0.6) is 5.75 Å². The molecule has 0 atom stereocenters. The number of sulfone groups is 1. The molecule has 0 saturated carbocycles. The molecule has 0 N–H and O–H groups in total. The molecule has 0 spiro atoms. The van der Waals surface area contributed by atoms with Crippen molar-refractivity contribution in [1.29, 1.82) is 0 Å². The van der Waals surface area contributed by atoms with Gasteiger partial charge >= 0.3 is 11.5 Å². The Morgan fingerprint density at radius 1 is 1.17 bits per heavy atom. The molecular formula is C15H8Cl2F3NO6S2. The van der Waals surface area contributed by atoms with Crippen LogP contribution in [0.3, 0.4) is 0 Å². The predicted molar refractivity (Wildman–Crippen MR) is 99.2 cm³/mol. The fraction of sp³-hybridized carbons (Fsp3) is 0.133. The van der Waals surface area contributed by atoms with Gasteiger partial charge in [-0.2, -0.15) is 13.2 Å². The van der Waals surface area contributed by atoms with Gasteiger partial charge in [-0.1, -0.05) is 23.2 Å². The van der Waals surface area contributed by atoms with E-state index in [-0.39, 0.29) is 21.7 Å². The van der Waals surface area contributed by atoms with Gasteiger partial charge in [-0.3, -0.25) is 14.9 Å². The van der Waals surface area contributed by atoms with E-state index < -0.39 is 42.6 Å². The minimum atomic E-state index is -5.76. The number of benzene rings is 2. The predicted octanol–water partition coefficient (Wildman–Crippen LogP) is 4.89. The second-order valence-corrected chi connectivity index (χ2v) is 8.98. The molecule has 0 fully saturated rings. The lowest BCUT2D eigenvalue weighted by atomic mass is 10.3. The Kier molecular flexibility index (Phi) is 7.04. The number of esters is 1. The van der Waals surface area contributed by atoms with E-state index in [1.807, 2.05) is 0 Å². The monoisotopic (exact) mass is 489 g/mol. The summed E-state index contributed by atoms with van der Waals surface area (Å²) in [7, 11) is -5.76. The SMILES string of the molecule is O=C(CSc1ccc(S(=O)(=O)C(F)(F)F)cc1[N+](=O)[O-])Oc1ccc(Cl)cc1Cl. The van der Waals surface area contributed by atoms with Crippen molar-refractivity contribution in [3.05, 3.63) is 56.6 Å². The van der Waals surface area contributed by atoms with Crippen molar-refractivity contribution in [2.75, 3.05) is 5.75 Å². The molecule has 14 heteroatoms. The molecule has 0 amide bonds. The number of hydrogen-bond acceptors (Lipinski definition) is 7. The third-order valence-electron chi connectivity index (χ3n) is 3.21. The van der Waals surface area contributed by atoms with Gasteiger partial charge in [0, 0.05) is 11.1 Å². The number of nitro groups is 1. The van der Waals surface area contributed by atoms with Crippen LogP contribution in [0.2, 0.25) is 10.0 Å². The molecule has 0 aliphatic rings. The summed E-state index contributed by atoms with van der Waals surface area (Å²) in [4.78, 5) is 20.5. The molecule has 0 unspecified atom stereocenters. The standard InChI is InChI=1S/C15H8Cl2F3NO6S2/c16-8-1-3-12(10(17)5-8)27-14(22)7-28-13-4-2-9(6-11(13)21(23)24)29(25,26)15(18,19)20/h1-6H,7H2. The Morgan fingerprint density at radius 3 is 2.38 bits per heavy atom. The van der Waals surface area contributed by atoms with Gasteiger partial charge in [0.1, 0.15) is 5.75 Å². The van der Waals surface area contributed by atoms with Crippen LogP contribution in [0, 0.1) is 10.1 Å². The number of nitro benzene ring substituents is 1. The van der Waals surface area contributed by atoms with Crippen LogP contribution in [-0.4, -0.2) is 30.6 Å². The summed E-state index contributed by atoms with van der Waals surface area (Å²) in [6, 6.07) is 5.72. The topological polar surface area (TPSA) is 104 Å². The van der Waals surface area contributed by atoms with Crippen molar-refractivity contribution < 1.29 is 36.0 Å². The summed E-state index contributed by atoms with van der Waals surface area (Å²) in [6.07, 6.45) is 0. The number of carbonyl (C=O) groups excluding carboxylic acids is 1. The van der Waals surface area contributed by atoms with Gasteiger partial charge in [0.05, 0.1) is 25.5 Å². The van der Waals surface area contributed by atoms with Gasteiger partial charge in [0.15, 0.2) is 0 Å². The first-order chi connectivity index (χ1) is 13.3. The first-order valence-electron chi connectivity index (χ1n) is 7.21. The van der Waals surface area contributed by atoms with Crippen LogP contribution < -0.4 is 4.74 Å². The van der Waals surface area contributed by atoms with Gasteiger partial charge in [0.25, 0.3) is 15.5 Å². The lowest BCUT2D eigenvalue weighted by Crippen LogP contribution is -2.23. The van der Waals surface area contributed by atoms with Gasteiger partial charge in [-0.25, -0.2) is 8.42 Å². The maximum Gasteiger partial charge on any atom is 0.501 e. The lowest BCUT2D eigenvalue weighted by molar-refractivity contribution is -0.388. The molecule has 7 nitrogen and oxygen atoms in total. The molecule has 2 rings (SSSR count). The number of ether oxygens (including phenoxy) is 1. The third-order valence-corrected chi connectivity index (χ3v) is 6.26. The van der Waals surface area contributed by atoms with Gasteiger partial charge < -0.3 is 4.74 Å². The molecule has 0 heterocycles. The third kappa shape index (κ3) is 5.53. The first-order valence-corrected chi connectivity index (χ1v) is 10.4. The van der Waals surface area contributed by atoms with Crippen molar-refractivity contribution in [1.82, 2.24) is 0 Å². The molecule has 0 aliphatic carbocycles. The molecule has 0 aromatic heterocycles.